The summed E-state index contributed by atoms with van der Waals surface area (Å²) < 4.78 is 0.547. The lowest BCUT2D eigenvalue weighted by molar-refractivity contribution is 1.15. The van der Waals surface area contributed by atoms with Gasteiger partial charge in [0.25, 0.3) is 0 Å². The van der Waals surface area contributed by atoms with E-state index in [1.54, 1.807) is 18.3 Å². The molecule has 0 spiro atoms. The normalized spacial score (nSPS) is 9.75. The van der Waals surface area contributed by atoms with Gasteiger partial charge in [0, 0.05) is 6.20 Å². The monoisotopic (exact) mass is 275 g/mol. The highest BCUT2D eigenvalue weighted by molar-refractivity contribution is 9.10. The Kier molecular flexibility index (Phi) is 2.79. The summed E-state index contributed by atoms with van der Waals surface area (Å²) >= 11 is 3.20. The predicted molar refractivity (Wildman–Crippen MR) is 62.1 cm³/mol. The molecule has 0 radical (unpaired) electrons. The van der Waals surface area contributed by atoms with E-state index in [-0.39, 0.29) is 5.82 Å². The fourth-order valence-electron chi connectivity index (χ4n) is 1.24. The first-order chi connectivity index (χ1) is 7.72. The van der Waals surface area contributed by atoms with E-state index in [1.807, 2.05) is 6.07 Å². The predicted octanol–water partition coefficient (Wildman–Crippen LogP) is 1.75. The van der Waals surface area contributed by atoms with E-state index in [2.05, 4.69) is 30.9 Å². The number of pyridine rings is 1. The molecule has 2 rings (SSSR count). The van der Waals surface area contributed by atoms with E-state index in [4.69, 9.17) is 11.0 Å². The maximum atomic E-state index is 8.95. The fourth-order valence-corrected chi connectivity index (χ4v) is 1.52. The number of nitriles is 1. The number of nitrogen functional groups attached to an aromatic ring is 1. The second-order valence-electron chi connectivity index (χ2n) is 2.94. The van der Waals surface area contributed by atoms with Crippen LogP contribution in [0.2, 0.25) is 0 Å². The number of rotatable bonds is 1. The molecule has 16 heavy (non-hydrogen) atoms. The molecule has 0 aromatic carbocycles. The molecular formula is C10H6BrN5. The van der Waals surface area contributed by atoms with Gasteiger partial charge >= 0.3 is 0 Å². The highest BCUT2D eigenvalue weighted by Crippen LogP contribution is 2.24. The van der Waals surface area contributed by atoms with E-state index in [0.29, 0.717) is 21.6 Å². The number of aromatic nitrogens is 3. The second kappa shape index (κ2) is 4.24. The van der Waals surface area contributed by atoms with Gasteiger partial charge in [0.15, 0.2) is 5.82 Å². The minimum atomic E-state index is 0.249. The van der Waals surface area contributed by atoms with E-state index >= 15 is 0 Å². The van der Waals surface area contributed by atoms with Gasteiger partial charge in [-0.1, -0.05) is 0 Å². The maximum Gasteiger partial charge on any atom is 0.151 e. The largest absolute Gasteiger partial charge is 0.382 e. The summed E-state index contributed by atoms with van der Waals surface area (Å²) in [7, 11) is 0. The first-order valence-corrected chi connectivity index (χ1v) is 5.15. The molecule has 0 amide bonds. The minimum absolute atomic E-state index is 0.249. The van der Waals surface area contributed by atoms with Crippen molar-refractivity contribution in [2.45, 2.75) is 0 Å². The van der Waals surface area contributed by atoms with Crippen molar-refractivity contribution in [2.75, 3.05) is 5.73 Å². The Morgan fingerprint density at radius 3 is 2.88 bits per heavy atom. The number of nitrogens with two attached hydrogens (primary N) is 1. The van der Waals surface area contributed by atoms with Gasteiger partial charge in [0.05, 0.1) is 11.8 Å². The Bertz CT molecular complexity index is 576. The highest BCUT2D eigenvalue weighted by atomic mass is 79.9. The van der Waals surface area contributed by atoms with Crippen LogP contribution in [0, 0.1) is 11.3 Å². The lowest BCUT2D eigenvalue weighted by Gasteiger charge is -2.04. The van der Waals surface area contributed by atoms with E-state index in [9.17, 15) is 0 Å². The van der Waals surface area contributed by atoms with Gasteiger partial charge in [-0.3, -0.25) is 4.98 Å². The zero-order chi connectivity index (χ0) is 11.5. The zero-order valence-electron chi connectivity index (χ0n) is 8.05. The van der Waals surface area contributed by atoms with Crippen LogP contribution >= 0.6 is 15.9 Å². The van der Waals surface area contributed by atoms with Crippen molar-refractivity contribution in [2.24, 2.45) is 0 Å². The molecule has 0 fully saturated rings. The lowest BCUT2D eigenvalue weighted by atomic mass is 10.1. The lowest BCUT2D eigenvalue weighted by Crippen LogP contribution is -2.00. The molecular weight excluding hydrogens is 270 g/mol. The van der Waals surface area contributed by atoms with Crippen LogP contribution < -0.4 is 5.73 Å². The average Bonchev–Trinajstić information content (AvgIpc) is 2.32. The Hall–Kier alpha value is -2.00. The quantitative estimate of drug-likeness (QED) is 0.857. The Morgan fingerprint density at radius 2 is 2.12 bits per heavy atom. The van der Waals surface area contributed by atoms with Crippen molar-refractivity contribution in [3.05, 3.63) is 34.7 Å². The Labute approximate surface area is 100 Å². The van der Waals surface area contributed by atoms with Crippen molar-refractivity contribution >= 4 is 21.7 Å². The highest BCUT2D eigenvalue weighted by Gasteiger charge is 2.12. The summed E-state index contributed by atoms with van der Waals surface area (Å²) in [6.45, 7) is 0. The van der Waals surface area contributed by atoms with Gasteiger partial charge in [0.2, 0.25) is 0 Å². The van der Waals surface area contributed by atoms with Gasteiger partial charge in [-0.25, -0.2) is 9.97 Å². The molecule has 78 valence electrons. The van der Waals surface area contributed by atoms with Crippen LogP contribution in [-0.2, 0) is 0 Å². The molecule has 2 aromatic rings. The average molecular weight is 276 g/mol. The first kappa shape index (κ1) is 10.5. The van der Waals surface area contributed by atoms with Crippen molar-refractivity contribution < 1.29 is 0 Å². The van der Waals surface area contributed by atoms with Crippen LogP contribution in [0.3, 0.4) is 0 Å². The zero-order valence-corrected chi connectivity index (χ0v) is 9.64. The van der Waals surface area contributed by atoms with Gasteiger partial charge in [-0.05, 0) is 28.1 Å². The number of nitrogens with zero attached hydrogens (tertiary/aromatic N) is 4. The van der Waals surface area contributed by atoms with Gasteiger partial charge in [-0.2, -0.15) is 5.26 Å². The Balaban J connectivity index is 2.68. The van der Waals surface area contributed by atoms with E-state index in [0.717, 1.165) is 0 Å². The summed E-state index contributed by atoms with van der Waals surface area (Å²) in [5.74, 6) is 0.249. The topological polar surface area (TPSA) is 88.5 Å². The van der Waals surface area contributed by atoms with Crippen LogP contribution in [0.5, 0.6) is 0 Å². The second-order valence-corrected chi connectivity index (χ2v) is 3.75. The van der Waals surface area contributed by atoms with E-state index < -0.39 is 0 Å². The molecule has 0 saturated carbocycles. The molecule has 0 bridgehead atoms. The first-order valence-electron chi connectivity index (χ1n) is 4.36. The summed E-state index contributed by atoms with van der Waals surface area (Å²) in [5.41, 5.74) is 6.97. The molecule has 2 aromatic heterocycles. The molecule has 0 saturated heterocycles. The molecule has 2 N–H and O–H groups in total. The van der Waals surface area contributed by atoms with Crippen LogP contribution in [0.15, 0.2) is 29.1 Å². The van der Waals surface area contributed by atoms with Crippen LogP contribution in [-0.4, -0.2) is 15.0 Å². The Morgan fingerprint density at radius 1 is 1.31 bits per heavy atom. The molecule has 5 nitrogen and oxygen atoms in total. The fraction of sp³-hybridized carbons (Fsp3) is 0. The van der Waals surface area contributed by atoms with Gasteiger partial charge < -0.3 is 5.73 Å². The van der Waals surface area contributed by atoms with Crippen LogP contribution in [0.25, 0.3) is 11.4 Å². The third kappa shape index (κ3) is 1.85. The van der Waals surface area contributed by atoms with Crippen molar-refractivity contribution in [1.82, 2.24) is 15.0 Å². The summed E-state index contributed by atoms with van der Waals surface area (Å²) in [5, 5.41) is 8.95. The standard InChI is InChI=1S/C10H6BrN5/c11-7-5-15-10(13)9(16-7)8-6(4-12)2-1-3-14-8/h1-3,5H,(H2,13,15). The van der Waals surface area contributed by atoms with Crippen LogP contribution in [0.1, 0.15) is 5.56 Å². The molecule has 6 heteroatoms. The molecule has 0 aliphatic rings. The minimum Gasteiger partial charge on any atom is -0.382 e. The molecule has 0 unspecified atom stereocenters. The number of halogens is 1. The molecule has 0 aliphatic heterocycles. The van der Waals surface area contributed by atoms with Crippen molar-refractivity contribution in [3.8, 4) is 17.5 Å². The smallest absolute Gasteiger partial charge is 0.151 e. The number of hydrogen-bond acceptors (Lipinski definition) is 5. The number of hydrogen-bond donors (Lipinski definition) is 1. The molecule has 0 aliphatic carbocycles. The maximum absolute atomic E-state index is 8.95. The van der Waals surface area contributed by atoms with E-state index in [1.165, 1.54) is 6.20 Å². The number of anilines is 1. The van der Waals surface area contributed by atoms with Crippen molar-refractivity contribution in [1.29, 1.82) is 5.26 Å². The van der Waals surface area contributed by atoms with Crippen molar-refractivity contribution in [3.63, 3.8) is 0 Å². The molecule has 0 atom stereocenters. The molecule has 2 heterocycles. The van der Waals surface area contributed by atoms with Crippen LogP contribution in [0.4, 0.5) is 5.82 Å². The third-order valence-electron chi connectivity index (χ3n) is 1.92. The van der Waals surface area contributed by atoms with Gasteiger partial charge in [-0.15, -0.1) is 0 Å². The summed E-state index contributed by atoms with van der Waals surface area (Å²) in [6.07, 6.45) is 3.08. The third-order valence-corrected chi connectivity index (χ3v) is 2.31. The SMILES string of the molecule is N#Cc1cccnc1-c1nc(Br)cnc1N. The summed E-state index contributed by atoms with van der Waals surface area (Å²) in [4.78, 5) is 12.2. The van der Waals surface area contributed by atoms with Gasteiger partial charge in [0.1, 0.15) is 22.1 Å². The summed E-state index contributed by atoms with van der Waals surface area (Å²) in [6, 6.07) is 5.38.